The van der Waals surface area contributed by atoms with E-state index < -0.39 is 14.6 Å². The molecule has 0 rings (SSSR count). The van der Waals surface area contributed by atoms with Crippen molar-refractivity contribution in [3.8, 4) is 0 Å². The maximum atomic E-state index is 11.1. The number of ketones is 3. The summed E-state index contributed by atoms with van der Waals surface area (Å²) in [6.45, 7) is 33.2. The van der Waals surface area contributed by atoms with Gasteiger partial charge >= 0.3 is 0 Å². The minimum absolute atomic E-state index is 0. The van der Waals surface area contributed by atoms with Crippen molar-refractivity contribution < 1.29 is 27.6 Å². The predicted octanol–water partition coefficient (Wildman–Crippen LogP) is 9.11. The van der Waals surface area contributed by atoms with Crippen LogP contribution in [0.5, 0.6) is 0 Å². The van der Waals surface area contributed by atoms with Gasteiger partial charge < -0.3 is 4.90 Å². The molecule has 0 bridgehead atoms. The van der Waals surface area contributed by atoms with Crippen LogP contribution in [-0.2, 0) is 29.0 Å². The summed E-state index contributed by atoms with van der Waals surface area (Å²) >= 11 is 0. The molecule has 0 saturated heterocycles. The van der Waals surface area contributed by atoms with Crippen LogP contribution in [0.4, 0.5) is 0 Å². The van der Waals surface area contributed by atoms with Crippen molar-refractivity contribution in [3.63, 3.8) is 0 Å². The van der Waals surface area contributed by atoms with Gasteiger partial charge in [0.25, 0.3) is 0 Å². The number of carbonyl (C=O) groups is 4. The van der Waals surface area contributed by atoms with Crippen molar-refractivity contribution in [2.75, 3.05) is 20.4 Å². The molecule has 8 heteroatoms. The van der Waals surface area contributed by atoms with E-state index in [0.29, 0.717) is 12.2 Å². The monoisotopic (exact) mass is 628 g/mol. The average Bonchev–Trinajstić information content (AvgIpc) is 2.64. The van der Waals surface area contributed by atoms with Gasteiger partial charge in [-0.15, -0.1) is 0 Å². The van der Waals surface area contributed by atoms with Crippen molar-refractivity contribution in [2.24, 2.45) is 21.7 Å². The van der Waals surface area contributed by atoms with Crippen molar-refractivity contribution in [1.29, 1.82) is 0 Å². The Bertz CT molecular complexity index is 826. The van der Waals surface area contributed by atoms with Crippen LogP contribution in [0.15, 0.2) is 0 Å². The van der Waals surface area contributed by atoms with E-state index in [4.69, 9.17) is 0 Å². The minimum Gasteiger partial charge on any atom is -0.348 e. The number of carbonyl (C=O) groups excluding carboxylic acids is 4. The van der Waals surface area contributed by atoms with E-state index in [1.54, 1.807) is 53.6 Å². The van der Waals surface area contributed by atoms with Gasteiger partial charge in [-0.3, -0.25) is 19.2 Å². The summed E-state index contributed by atoms with van der Waals surface area (Å²) in [5.74, 6) is 0.986. The van der Waals surface area contributed by atoms with E-state index in [9.17, 15) is 27.6 Å². The topological polar surface area (TPSA) is 106 Å². The summed E-state index contributed by atoms with van der Waals surface area (Å²) in [6.07, 6.45) is 1.90. The molecule has 0 aliphatic heterocycles. The van der Waals surface area contributed by atoms with E-state index in [0.717, 1.165) is 0 Å². The number of Topliss-reactive ketones (excluding diaryl/α,β-unsaturated/α-hetero) is 3. The maximum Gasteiger partial charge on any atom is 0.227 e. The Hall–Kier alpha value is -1.57. The summed E-state index contributed by atoms with van der Waals surface area (Å²) in [4.78, 5) is 44.5. The molecule has 0 spiro atoms. The molecule has 0 saturated carbocycles. The second kappa shape index (κ2) is 22.9. The Kier molecular flexibility index (Phi) is 32.6. The molecule has 0 atom stereocenters. The lowest BCUT2D eigenvalue weighted by Gasteiger charge is -2.21. The van der Waals surface area contributed by atoms with E-state index in [-0.39, 0.29) is 61.4 Å². The lowest BCUT2D eigenvalue weighted by atomic mass is 9.90. The molecule has 0 aliphatic carbocycles. The highest BCUT2D eigenvalue weighted by atomic mass is 32.2. The van der Waals surface area contributed by atoms with Gasteiger partial charge in [0.15, 0.2) is 9.84 Å². The number of rotatable bonds is 1. The van der Waals surface area contributed by atoms with Crippen LogP contribution in [0.1, 0.15) is 153 Å². The lowest BCUT2D eigenvalue weighted by molar-refractivity contribution is -0.136. The maximum absolute atomic E-state index is 11.1. The average molecular weight is 628 g/mol. The van der Waals surface area contributed by atoms with Crippen molar-refractivity contribution >= 4 is 33.1 Å². The summed E-state index contributed by atoms with van der Waals surface area (Å²) in [5.41, 5.74) is -0.641. The summed E-state index contributed by atoms with van der Waals surface area (Å²) in [6, 6.07) is 0. The van der Waals surface area contributed by atoms with Crippen molar-refractivity contribution in [3.05, 3.63) is 0 Å². The molecule has 1 amide bonds. The Morgan fingerprint density at radius 2 is 0.738 bits per heavy atom. The van der Waals surface area contributed by atoms with Crippen molar-refractivity contribution in [2.45, 2.75) is 158 Å². The Morgan fingerprint density at radius 3 is 0.738 bits per heavy atom. The highest BCUT2D eigenvalue weighted by Crippen LogP contribution is 2.16. The Labute approximate surface area is 265 Å². The zero-order valence-corrected chi connectivity index (χ0v) is 30.3. The molecule has 42 heavy (non-hydrogen) atoms. The molecule has 0 aliphatic rings. The number of amides is 1. The van der Waals surface area contributed by atoms with Gasteiger partial charge in [0.1, 0.15) is 17.3 Å². The smallest absolute Gasteiger partial charge is 0.227 e. The molecule has 260 valence electrons. The highest BCUT2D eigenvalue weighted by molar-refractivity contribution is 7.92. The zero-order chi connectivity index (χ0) is 33.6. The summed E-state index contributed by atoms with van der Waals surface area (Å²) in [5, 5.41) is 0. The van der Waals surface area contributed by atoms with Crippen LogP contribution in [0.25, 0.3) is 0 Å². The quantitative estimate of drug-likeness (QED) is 0.287. The van der Waals surface area contributed by atoms with Gasteiger partial charge in [-0.2, -0.15) is 0 Å². The van der Waals surface area contributed by atoms with Crippen molar-refractivity contribution in [1.82, 2.24) is 4.90 Å². The molecular weight excluding hydrogens is 550 g/mol. The first kappa shape index (κ1) is 59.8. The molecule has 0 N–H and O–H groups in total. The first-order valence-electron chi connectivity index (χ1n) is 13.4. The van der Waals surface area contributed by atoms with Gasteiger partial charge in [0.2, 0.25) is 5.91 Å². The second-order valence-corrected chi connectivity index (χ2v) is 17.7. The van der Waals surface area contributed by atoms with Gasteiger partial charge in [-0.25, -0.2) is 8.42 Å². The fourth-order valence-electron chi connectivity index (χ4n) is 1.20. The predicted molar refractivity (Wildman–Crippen MR) is 188 cm³/mol. The van der Waals surface area contributed by atoms with Gasteiger partial charge in [-0.1, -0.05) is 112 Å². The third-order valence-corrected chi connectivity index (χ3v) is 7.65. The van der Waals surface area contributed by atoms with Crippen LogP contribution >= 0.6 is 0 Å². The third-order valence-electron chi connectivity index (χ3n) is 5.43. The molecule has 0 aromatic rings. The largest absolute Gasteiger partial charge is 0.348 e. The molecule has 7 nitrogen and oxygen atoms in total. The fraction of sp³-hybridized carbons (Fsp3) is 0.882. The molecule has 0 radical (unpaired) electrons. The van der Waals surface area contributed by atoms with Crippen LogP contribution in [0.2, 0.25) is 0 Å². The number of sulfone groups is 1. The van der Waals surface area contributed by atoms with Gasteiger partial charge in [0.05, 0.1) is 4.75 Å². The molecule has 0 aromatic carbocycles. The minimum atomic E-state index is -2.84. The molecule has 0 fully saturated rings. The Morgan fingerprint density at radius 1 is 0.548 bits per heavy atom. The normalized spacial score (nSPS) is 11.1. The summed E-state index contributed by atoms with van der Waals surface area (Å²) in [7, 11) is 0.703. The Balaban J connectivity index is -0.0000000565. The van der Waals surface area contributed by atoms with Crippen LogP contribution in [0, 0.1) is 21.7 Å². The zero-order valence-electron chi connectivity index (χ0n) is 29.5. The first-order valence-corrected chi connectivity index (χ1v) is 15.3. The lowest BCUT2D eigenvalue weighted by Crippen LogP contribution is -2.33. The van der Waals surface area contributed by atoms with Crippen LogP contribution in [0.3, 0.4) is 0 Å². The summed E-state index contributed by atoms with van der Waals surface area (Å²) < 4.78 is 20.7. The third kappa shape index (κ3) is 38.4. The molecule has 0 aromatic heterocycles. The molecular formula is C34H77NO6S. The SMILES string of the molecule is C.C.C.CC(=O)C(C)(C)C.CC(=O)C(C)(C)C.CC(C)(C)S(C)(=O)=O.CCC(=O)C(C)(C)C.CN(C)C(=O)C(C)(C)C. The fourth-order valence-corrected chi connectivity index (χ4v) is 1.20. The second-order valence-electron chi connectivity index (χ2n) is 15.0. The number of nitrogens with zero attached hydrogens (tertiary/aromatic N) is 1. The van der Waals surface area contributed by atoms with Crippen LogP contribution in [-0.4, -0.2) is 61.7 Å². The van der Waals surface area contributed by atoms with E-state index in [1.165, 1.54) is 6.26 Å². The van der Waals surface area contributed by atoms with E-state index in [2.05, 4.69) is 0 Å². The number of hydrogen-bond donors (Lipinski definition) is 0. The highest BCUT2D eigenvalue weighted by Gasteiger charge is 2.23. The first-order chi connectivity index (χ1) is 16.5. The molecule has 0 heterocycles. The molecule has 0 unspecified atom stereocenters. The number of hydrogen-bond acceptors (Lipinski definition) is 6. The van der Waals surface area contributed by atoms with Gasteiger partial charge in [-0.05, 0) is 34.6 Å². The van der Waals surface area contributed by atoms with E-state index >= 15 is 0 Å². The van der Waals surface area contributed by atoms with Crippen LogP contribution < -0.4 is 0 Å². The standard InChI is InChI=1S/C7H15NO.C7H14O.2C6H12O.C5H12O2S.3CH4/c1-7(2,3)6(9)8(4)5;1-5-6(8)7(2,3)4;2*1-5(7)6(2,3)4;1-5(2,3)8(4,6)7;;;/h1-5H3;5H2,1-4H3;2*1-4H3;1-4H3;3*1H4. The van der Waals surface area contributed by atoms with E-state index in [1.807, 2.05) is 90.0 Å². The van der Waals surface area contributed by atoms with Gasteiger partial charge in [0, 0.05) is 48.4 Å².